The van der Waals surface area contributed by atoms with Crippen LogP contribution in [0.1, 0.15) is 18.0 Å². The van der Waals surface area contributed by atoms with Crippen LogP contribution >= 0.6 is 0 Å². The average molecular weight is 322 g/mol. The van der Waals surface area contributed by atoms with E-state index in [2.05, 4.69) is 0 Å². The van der Waals surface area contributed by atoms with Gasteiger partial charge in [-0.1, -0.05) is 12.1 Å². The number of hydrogen-bond donors (Lipinski definition) is 2. The number of nitrogens with one attached hydrogen (secondary N) is 1. The third-order valence-electron chi connectivity index (χ3n) is 2.81. The van der Waals surface area contributed by atoms with E-state index in [0.29, 0.717) is 0 Å². The summed E-state index contributed by atoms with van der Waals surface area (Å²) in [5.74, 6) is -1.87. The summed E-state index contributed by atoms with van der Waals surface area (Å²) in [6, 6.07) is 0.166. The summed E-state index contributed by atoms with van der Waals surface area (Å²) in [5.41, 5.74) is -0.325. The monoisotopic (exact) mass is 322 g/mol. The molecule has 0 saturated heterocycles. The van der Waals surface area contributed by atoms with E-state index in [1.54, 1.807) is 5.32 Å². The SMILES string of the molecule is CN(CCC(=O)O)C(=O)N[C@@H](c1ccc(F)cc1)C(F)(F)F. The Bertz CT molecular complexity index is 531. The molecule has 22 heavy (non-hydrogen) atoms. The molecular weight excluding hydrogens is 308 g/mol. The van der Waals surface area contributed by atoms with E-state index >= 15 is 0 Å². The minimum Gasteiger partial charge on any atom is -0.481 e. The van der Waals surface area contributed by atoms with Gasteiger partial charge in [-0.3, -0.25) is 4.79 Å². The number of hydrogen-bond acceptors (Lipinski definition) is 2. The lowest BCUT2D eigenvalue weighted by Crippen LogP contribution is -2.44. The predicted molar refractivity (Wildman–Crippen MR) is 68.6 cm³/mol. The third-order valence-corrected chi connectivity index (χ3v) is 2.81. The second-order valence-electron chi connectivity index (χ2n) is 4.54. The molecule has 5 nitrogen and oxygen atoms in total. The van der Waals surface area contributed by atoms with Gasteiger partial charge in [-0.2, -0.15) is 13.2 Å². The highest BCUT2D eigenvalue weighted by Crippen LogP contribution is 2.32. The van der Waals surface area contributed by atoms with Crippen LogP contribution in [0.3, 0.4) is 0 Å². The minimum absolute atomic E-state index is 0.241. The zero-order valence-electron chi connectivity index (χ0n) is 11.5. The van der Waals surface area contributed by atoms with E-state index < -0.39 is 36.5 Å². The highest BCUT2D eigenvalue weighted by Gasteiger charge is 2.42. The van der Waals surface area contributed by atoms with Crippen molar-refractivity contribution < 1.29 is 32.3 Å². The number of carboxylic acid groups (broad SMARTS) is 1. The predicted octanol–water partition coefficient (Wildman–Crippen LogP) is 2.55. The summed E-state index contributed by atoms with van der Waals surface area (Å²) >= 11 is 0. The number of carbonyl (C=O) groups is 2. The Morgan fingerprint density at radius 3 is 2.27 bits per heavy atom. The maximum Gasteiger partial charge on any atom is 0.412 e. The quantitative estimate of drug-likeness (QED) is 0.819. The number of rotatable bonds is 5. The van der Waals surface area contributed by atoms with Gasteiger partial charge in [-0.05, 0) is 17.7 Å². The van der Waals surface area contributed by atoms with Crippen molar-refractivity contribution in [2.75, 3.05) is 13.6 Å². The van der Waals surface area contributed by atoms with Crippen LogP contribution in [0.5, 0.6) is 0 Å². The lowest BCUT2D eigenvalue weighted by Gasteiger charge is -2.25. The zero-order valence-corrected chi connectivity index (χ0v) is 11.5. The molecule has 0 saturated carbocycles. The largest absolute Gasteiger partial charge is 0.481 e. The van der Waals surface area contributed by atoms with Gasteiger partial charge in [0.25, 0.3) is 0 Å². The summed E-state index contributed by atoms with van der Waals surface area (Å²) < 4.78 is 51.9. The molecule has 2 amide bonds. The lowest BCUT2D eigenvalue weighted by atomic mass is 10.1. The minimum atomic E-state index is -4.78. The Kier molecular flexibility index (Phi) is 5.72. The number of carboxylic acids is 1. The van der Waals surface area contributed by atoms with E-state index in [-0.39, 0.29) is 12.1 Å². The van der Waals surface area contributed by atoms with Crippen molar-refractivity contribution in [3.63, 3.8) is 0 Å². The van der Waals surface area contributed by atoms with Gasteiger partial charge in [0.05, 0.1) is 6.42 Å². The summed E-state index contributed by atoms with van der Waals surface area (Å²) in [4.78, 5) is 22.9. The van der Waals surface area contributed by atoms with Gasteiger partial charge in [0.2, 0.25) is 0 Å². The van der Waals surface area contributed by atoms with Crippen molar-refractivity contribution in [3.05, 3.63) is 35.6 Å². The van der Waals surface area contributed by atoms with Crippen LogP contribution in [-0.2, 0) is 4.79 Å². The molecule has 122 valence electrons. The molecule has 0 aliphatic heterocycles. The first kappa shape index (κ1) is 17.7. The van der Waals surface area contributed by atoms with Crippen LogP contribution in [0.4, 0.5) is 22.4 Å². The van der Waals surface area contributed by atoms with Gasteiger partial charge in [0.15, 0.2) is 6.04 Å². The molecule has 1 aromatic rings. The van der Waals surface area contributed by atoms with E-state index in [1.165, 1.54) is 7.05 Å². The highest BCUT2D eigenvalue weighted by atomic mass is 19.4. The lowest BCUT2D eigenvalue weighted by molar-refractivity contribution is -0.155. The Hall–Kier alpha value is -2.32. The maximum atomic E-state index is 13.0. The topological polar surface area (TPSA) is 69.6 Å². The zero-order chi connectivity index (χ0) is 16.9. The van der Waals surface area contributed by atoms with E-state index in [4.69, 9.17) is 5.11 Å². The molecule has 0 unspecified atom stereocenters. The number of alkyl halides is 3. The van der Waals surface area contributed by atoms with Crippen molar-refractivity contribution in [1.82, 2.24) is 10.2 Å². The molecule has 0 spiro atoms. The number of urea groups is 1. The number of carbonyl (C=O) groups excluding carboxylic acids is 1. The Morgan fingerprint density at radius 1 is 1.27 bits per heavy atom. The smallest absolute Gasteiger partial charge is 0.412 e. The summed E-state index contributed by atoms with van der Waals surface area (Å²) in [7, 11) is 1.18. The fraction of sp³-hybridized carbons (Fsp3) is 0.385. The number of benzene rings is 1. The van der Waals surface area contributed by atoms with Gasteiger partial charge in [-0.25, -0.2) is 9.18 Å². The second-order valence-corrected chi connectivity index (χ2v) is 4.54. The number of nitrogens with zero attached hydrogens (tertiary/aromatic N) is 1. The van der Waals surface area contributed by atoms with Crippen LogP contribution in [-0.4, -0.2) is 41.8 Å². The van der Waals surface area contributed by atoms with Gasteiger partial charge < -0.3 is 15.3 Å². The Morgan fingerprint density at radius 2 is 1.82 bits per heavy atom. The van der Waals surface area contributed by atoms with Crippen LogP contribution < -0.4 is 5.32 Å². The van der Waals surface area contributed by atoms with Crippen LogP contribution in [0, 0.1) is 5.82 Å². The van der Waals surface area contributed by atoms with E-state index in [1.807, 2.05) is 0 Å². The molecule has 0 heterocycles. The fourth-order valence-electron chi connectivity index (χ4n) is 1.61. The molecule has 1 atom stereocenters. The molecule has 0 radical (unpaired) electrons. The molecular formula is C13H14F4N2O3. The summed E-state index contributed by atoms with van der Waals surface area (Å²) in [5, 5.41) is 10.2. The molecule has 1 aromatic carbocycles. The van der Waals surface area contributed by atoms with Crippen LogP contribution in [0.2, 0.25) is 0 Å². The molecule has 0 aromatic heterocycles. The second kappa shape index (κ2) is 7.10. The Balaban J connectivity index is 2.84. The van der Waals surface area contributed by atoms with Crippen molar-refractivity contribution in [2.24, 2.45) is 0 Å². The first-order valence-corrected chi connectivity index (χ1v) is 6.17. The number of amides is 2. The third kappa shape index (κ3) is 5.23. The van der Waals surface area contributed by atoms with Gasteiger partial charge in [0, 0.05) is 13.6 Å². The first-order valence-electron chi connectivity index (χ1n) is 6.17. The van der Waals surface area contributed by atoms with E-state index in [0.717, 1.165) is 29.2 Å². The van der Waals surface area contributed by atoms with Crippen LogP contribution in [0.15, 0.2) is 24.3 Å². The first-order chi connectivity index (χ1) is 10.1. The van der Waals surface area contributed by atoms with Gasteiger partial charge in [-0.15, -0.1) is 0 Å². The molecule has 2 N–H and O–H groups in total. The molecule has 1 rings (SSSR count). The molecule has 0 fully saturated rings. The number of halogens is 4. The van der Waals surface area contributed by atoms with Crippen molar-refractivity contribution in [1.29, 1.82) is 0 Å². The normalized spacial score (nSPS) is 12.6. The summed E-state index contributed by atoms with van der Waals surface area (Å²) in [6.45, 7) is -0.241. The highest BCUT2D eigenvalue weighted by molar-refractivity contribution is 5.75. The molecule has 0 aliphatic carbocycles. The number of aliphatic carboxylic acids is 1. The fourth-order valence-corrected chi connectivity index (χ4v) is 1.61. The van der Waals surface area contributed by atoms with Crippen molar-refractivity contribution >= 4 is 12.0 Å². The molecule has 9 heteroatoms. The van der Waals surface area contributed by atoms with Crippen molar-refractivity contribution in [2.45, 2.75) is 18.6 Å². The molecule has 0 aliphatic rings. The average Bonchev–Trinajstić information content (AvgIpc) is 2.41. The Labute approximate surface area is 123 Å². The maximum absolute atomic E-state index is 13.0. The van der Waals surface area contributed by atoms with Crippen LogP contribution in [0.25, 0.3) is 0 Å². The van der Waals surface area contributed by atoms with Gasteiger partial charge >= 0.3 is 18.2 Å². The van der Waals surface area contributed by atoms with Crippen molar-refractivity contribution in [3.8, 4) is 0 Å². The summed E-state index contributed by atoms with van der Waals surface area (Å²) in [6.07, 6.45) is -5.17. The van der Waals surface area contributed by atoms with Gasteiger partial charge in [0.1, 0.15) is 5.82 Å². The molecule has 0 bridgehead atoms. The standard InChI is InChI=1S/C13H14F4N2O3/c1-19(7-6-10(20)21)12(22)18-11(13(15,16)17)8-2-4-9(14)5-3-8/h2-5,11H,6-7H2,1H3,(H,18,22)(H,20,21)/t11-/m0/s1. The van der Waals surface area contributed by atoms with E-state index in [9.17, 15) is 27.2 Å².